The maximum absolute atomic E-state index is 10.0. The largest absolute Gasteiger partial charge is 0.393 e. The molecule has 0 aliphatic heterocycles. The lowest BCUT2D eigenvalue weighted by Gasteiger charge is -2.44. The molecule has 164 valence electrons. The minimum absolute atomic E-state index is 0.192. The first-order valence-electron chi connectivity index (χ1n) is 12.1. The van der Waals surface area contributed by atoms with Gasteiger partial charge in [-0.1, -0.05) is 56.6 Å². The summed E-state index contributed by atoms with van der Waals surface area (Å²) < 4.78 is 0. The highest BCUT2D eigenvalue weighted by Gasteiger charge is 2.50. The highest BCUT2D eigenvalue weighted by atomic mass is 16.3. The van der Waals surface area contributed by atoms with Crippen molar-refractivity contribution in [1.82, 2.24) is 0 Å². The summed E-state index contributed by atoms with van der Waals surface area (Å²) in [6.07, 6.45) is 16.9. The van der Waals surface area contributed by atoms with Gasteiger partial charge in [0, 0.05) is 0 Å². The number of fused-ring (bicyclic) bond motifs is 1. The molecular formula is C27H44O2. The molecule has 0 amide bonds. The van der Waals surface area contributed by atoms with Crippen LogP contribution in [-0.4, -0.2) is 21.9 Å². The van der Waals surface area contributed by atoms with E-state index in [4.69, 9.17) is 0 Å². The van der Waals surface area contributed by atoms with Crippen LogP contribution in [0.3, 0.4) is 0 Å². The Morgan fingerprint density at radius 2 is 1.97 bits per heavy atom. The molecule has 3 aliphatic carbocycles. The Bertz CT molecular complexity index is 650. The van der Waals surface area contributed by atoms with E-state index in [0.717, 1.165) is 49.9 Å². The van der Waals surface area contributed by atoms with Gasteiger partial charge in [0.15, 0.2) is 0 Å². The van der Waals surface area contributed by atoms with Gasteiger partial charge in [0.25, 0.3) is 0 Å². The average molecular weight is 401 g/mol. The molecule has 0 bridgehead atoms. The van der Waals surface area contributed by atoms with Gasteiger partial charge in [-0.15, -0.1) is 0 Å². The van der Waals surface area contributed by atoms with Crippen LogP contribution in [0, 0.1) is 23.2 Å². The van der Waals surface area contributed by atoms with Crippen LogP contribution in [0.1, 0.15) is 98.3 Å². The van der Waals surface area contributed by atoms with Crippen molar-refractivity contribution in [3.8, 4) is 0 Å². The summed E-state index contributed by atoms with van der Waals surface area (Å²) in [5, 5.41) is 20.1. The maximum Gasteiger partial charge on any atom is 0.0591 e. The minimum atomic E-state index is -0.535. The molecule has 2 heteroatoms. The molecule has 3 saturated carbocycles. The molecule has 0 spiro atoms. The SMILES string of the molecule is C=C1CC[C@@H](O)C/C1=C/C=C1\CCC[C@@]2(C)[C@H]1CC[C@H]2[C@@H](C)CCCC(C)(C)O. The van der Waals surface area contributed by atoms with Gasteiger partial charge in [-0.05, 0) is 100 Å². The summed E-state index contributed by atoms with van der Waals surface area (Å²) in [5.74, 6) is 2.26. The highest BCUT2D eigenvalue weighted by Crippen LogP contribution is 2.60. The van der Waals surface area contributed by atoms with Crippen LogP contribution in [0.5, 0.6) is 0 Å². The van der Waals surface area contributed by atoms with Crippen molar-refractivity contribution in [2.24, 2.45) is 23.2 Å². The van der Waals surface area contributed by atoms with Crippen LogP contribution >= 0.6 is 0 Å². The molecule has 29 heavy (non-hydrogen) atoms. The Labute approximate surface area is 179 Å². The van der Waals surface area contributed by atoms with Gasteiger partial charge in [-0.3, -0.25) is 0 Å². The monoisotopic (exact) mass is 400 g/mol. The third-order valence-corrected chi connectivity index (χ3v) is 8.36. The number of aliphatic hydroxyl groups excluding tert-OH is 1. The lowest BCUT2D eigenvalue weighted by Crippen LogP contribution is -2.36. The van der Waals surface area contributed by atoms with E-state index in [1.165, 1.54) is 49.7 Å². The van der Waals surface area contributed by atoms with E-state index in [1.54, 1.807) is 5.57 Å². The topological polar surface area (TPSA) is 40.5 Å². The molecule has 5 atom stereocenters. The first-order valence-corrected chi connectivity index (χ1v) is 12.1. The van der Waals surface area contributed by atoms with Gasteiger partial charge in [0.05, 0.1) is 11.7 Å². The number of hydrogen-bond acceptors (Lipinski definition) is 2. The second kappa shape index (κ2) is 9.10. The second-order valence-electron chi connectivity index (χ2n) is 11.2. The highest BCUT2D eigenvalue weighted by molar-refractivity contribution is 5.36. The van der Waals surface area contributed by atoms with Crippen molar-refractivity contribution in [3.05, 3.63) is 35.5 Å². The third-order valence-electron chi connectivity index (χ3n) is 8.36. The molecular weight excluding hydrogens is 356 g/mol. The molecule has 3 aliphatic rings. The zero-order chi connectivity index (χ0) is 21.2. The van der Waals surface area contributed by atoms with Crippen LogP contribution in [0.4, 0.5) is 0 Å². The molecule has 3 fully saturated rings. The van der Waals surface area contributed by atoms with Gasteiger partial charge in [0.2, 0.25) is 0 Å². The molecule has 0 unspecified atom stereocenters. The van der Waals surface area contributed by atoms with Gasteiger partial charge < -0.3 is 10.2 Å². The summed E-state index contributed by atoms with van der Waals surface area (Å²) in [4.78, 5) is 0. The predicted molar refractivity (Wildman–Crippen MR) is 123 cm³/mol. The van der Waals surface area contributed by atoms with E-state index >= 15 is 0 Å². The number of rotatable bonds is 6. The van der Waals surface area contributed by atoms with Crippen LogP contribution < -0.4 is 0 Å². The molecule has 2 N–H and O–H groups in total. The third kappa shape index (κ3) is 5.44. The quantitative estimate of drug-likeness (QED) is 0.518. The van der Waals surface area contributed by atoms with E-state index in [1.807, 2.05) is 13.8 Å². The molecule has 0 aromatic rings. The Morgan fingerprint density at radius 1 is 1.21 bits per heavy atom. The van der Waals surface area contributed by atoms with Crippen molar-refractivity contribution >= 4 is 0 Å². The standard InChI is InChI=1S/C27H44O2/c1-19-10-13-23(28)18-22(19)12-11-21-9-7-17-27(5)24(14-15-25(21)27)20(2)8-6-16-26(3,4)29/h11-12,20,23-25,28-29H,1,6-10,13-18H2,2-5H3/b21-11+,22-12-/t20-,23+,24-,25-,27+/m0/s1. The smallest absolute Gasteiger partial charge is 0.0591 e. The molecule has 3 rings (SSSR count). The van der Waals surface area contributed by atoms with E-state index < -0.39 is 5.60 Å². The van der Waals surface area contributed by atoms with E-state index in [9.17, 15) is 10.2 Å². The summed E-state index contributed by atoms with van der Waals surface area (Å²) in [6.45, 7) is 13.1. The number of allylic oxidation sites excluding steroid dienone is 4. The Balaban J connectivity index is 1.68. The molecule has 0 saturated heterocycles. The fourth-order valence-electron chi connectivity index (χ4n) is 6.67. The number of aliphatic hydroxyl groups is 2. The van der Waals surface area contributed by atoms with Crippen molar-refractivity contribution in [2.75, 3.05) is 0 Å². The van der Waals surface area contributed by atoms with E-state index in [-0.39, 0.29) is 6.10 Å². The predicted octanol–water partition coefficient (Wildman–Crippen LogP) is 6.73. The Hall–Kier alpha value is -0.860. The fourth-order valence-corrected chi connectivity index (χ4v) is 6.67. The minimum Gasteiger partial charge on any atom is -0.393 e. The van der Waals surface area contributed by atoms with Crippen LogP contribution in [-0.2, 0) is 0 Å². The normalized spacial score (nSPS) is 37.2. The van der Waals surface area contributed by atoms with Crippen molar-refractivity contribution < 1.29 is 10.2 Å². The van der Waals surface area contributed by atoms with E-state index in [0.29, 0.717) is 5.41 Å². The van der Waals surface area contributed by atoms with Crippen LogP contribution in [0.2, 0.25) is 0 Å². The molecule has 2 nitrogen and oxygen atoms in total. The average Bonchev–Trinajstić information content (AvgIpc) is 2.99. The number of hydrogen-bond donors (Lipinski definition) is 2. The van der Waals surface area contributed by atoms with Crippen molar-refractivity contribution in [2.45, 2.75) is 110 Å². The first-order chi connectivity index (χ1) is 13.6. The summed E-state index contributed by atoms with van der Waals surface area (Å²) in [5.41, 5.74) is 4.02. The van der Waals surface area contributed by atoms with Gasteiger partial charge in [-0.2, -0.15) is 0 Å². The van der Waals surface area contributed by atoms with Crippen molar-refractivity contribution in [3.63, 3.8) is 0 Å². The van der Waals surface area contributed by atoms with Crippen LogP contribution in [0.15, 0.2) is 35.5 Å². The first kappa shape index (κ1) is 22.8. The molecule has 0 heterocycles. The lowest BCUT2D eigenvalue weighted by atomic mass is 9.60. The van der Waals surface area contributed by atoms with Crippen molar-refractivity contribution in [1.29, 1.82) is 0 Å². The molecule has 0 aromatic carbocycles. The molecule has 0 aromatic heterocycles. The second-order valence-corrected chi connectivity index (χ2v) is 11.2. The summed E-state index contributed by atoms with van der Waals surface area (Å²) >= 11 is 0. The maximum atomic E-state index is 10.0. The zero-order valence-corrected chi connectivity index (χ0v) is 19.3. The zero-order valence-electron chi connectivity index (χ0n) is 19.3. The molecule has 0 radical (unpaired) electrons. The van der Waals surface area contributed by atoms with Crippen LogP contribution in [0.25, 0.3) is 0 Å². The van der Waals surface area contributed by atoms with E-state index in [2.05, 4.69) is 32.6 Å². The van der Waals surface area contributed by atoms with Gasteiger partial charge in [0.1, 0.15) is 0 Å². The fraction of sp³-hybridized carbons (Fsp3) is 0.778. The van der Waals surface area contributed by atoms with Gasteiger partial charge >= 0.3 is 0 Å². The summed E-state index contributed by atoms with van der Waals surface area (Å²) in [6, 6.07) is 0. The summed E-state index contributed by atoms with van der Waals surface area (Å²) in [7, 11) is 0. The Morgan fingerprint density at radius 3 is 2.69 bits per heavy atom. The lowest BCUT2D eigenvalue weighted by molar-refractivity contribution is 0.0596. The van der Waals surface area contributed by atoms with Gasteiger partial charge in [-0.25, -0.2) is 0 Å². The Kier molecular flexibility index (Phi) is 7.16.